The van der Waals surface area contributed by atoms with E-state index in [2.05, 4.69) is 5.32 Å². The van der Waals surface area contributed by atoms with Crippen LogP contribution in [0, 0.1) is 11.6 Å². The van der Waals surface area contributed by atoms with Gasteiger partial charge < -0.3 is 10.1 Å². The summed E-state index contributed by atoms with van der Waals surface area (Å²) in [4.78, 5) is 14.1. The summed E-state index contributed by atoms with van der Waals surface area (Å²) in [5, 5.41) is 3.04. The van der Waals surface area contributed by atoms with Gasteiger partial charge in [0.2, 0.25) is 5.91 Å². The second-order valence-corrected chi connectivity index (χ2v) is 6.68. The second-order valence-electron chi connectivity index (χ2n) is 6.68. The zero-order chi connectivity index (χ0) is 16.9. The Hall–Kier alpha value is -1.53. The Bertz CT molecular complexity index is 556. The number of rotatable bonds is 5. The van der Waals surface area contributed by atoms with Crippen molar-refractivity contribution in [2.24, 2.45) is 0 Å². The highest BCUT2D eigenvalue weighted by Gasteiger charge is 2.25. The number of hydrogen-bond donors (Lipinski definition) is 1. The molecule has 2 saturated heterocycles. The SMILES string of the molecule is O=C(C[C@H]1CCCO1)N[C@H]1CCCN(Cc2c(F)cccc2F)C1. The molecule has 2 atom stereocenters. The Labute approximate surface area is 141 Å². The number of carbonyl (C=O) groups excluding carboxylic acids is 1. The predicted molar refractivity (Wildman–Crippen MR) is 86.4 cm³/mol. The van der Waals surface area contributed by atoms with Gasteiger partial charge in [-0.05, 0) is 44.4 Å². The number of piperidine rings is 1. The normalized spacial score (nSPS) is 24.9. The number of likely N-dealkylation sites (tertiary alicyclic amines) is 1. The first-order chi connectivity index (χ1) is 11.6. The summed E-state index contributed by atoms with van der Waals surface area (Å²) in [7, 11) is 0. The van der Waals surface area contributed by atoms with Crippen molar-refractivity contribution >= 4 is 5.91 Å². The smallest absolute Gasteiger partial charge is 0.222 e. The third kappa shape index (κ3) is 4.51. The van der Waals surface area contributed by atoms with Crippen LogP contribution < -0.4 is 5.32 Å². The van der Waals surface area contributed by atoms with Crippen molar-refractivity contribution in [2.75, 3.05) is 19.7 Å². The highest BCUT2D eigenvalue weighted by atomic mass is 19.1. The summed E-state index contributed by atoms with van der Waals surface area (Å²) in [6.07, 6.45) is 4.20. The van der Waals surface area contributed by atoms with Gasteiger partial charge in [0.15, 0.2) is 0 Å². The second kappa shape index (κ2) is 8.03. The number of nitrogens with zero attached hydrogens (tertiary/aromatic N) is 1. The molecule has 2 heterocycles. The van der Waals surface area contributed by atoms with Crippen LogP contribution >= 0.6 is 0 Å². The van der Waals surface area contributed by atoms with Crippen molar-refractivity contribution in [3.05, 3.63) is 35.4 Å². The molecule has 1 aromatic carbocycles. The van der Waals surface area contributed by atoms with Gasteiger partial charge >= 0.3 is 0 Å². The van der Waals surface area contributed by atoms with Crippen LogP contribution in [0.3, 0.4) is 0 Å². The molecule has 2 aliphatic heterocycles. The van der Waals surface area contributed by atoms with E-state index < -0.39 is 11.6 Å². The van der Waals surface area contributed by atoms with Crippen molar-refractivity contribution in [2.45, 2.75) is 50.8 Å². The zero-order valence-electron chi connectivity index (χ0n) is 13.8. The molecular weight excluding hydrogens is 314 g/mol. The van der Waals surface area contributed by atoms with Gasteiger partial charge in [-0.25, -0.2) is 8.78 Å². The largest absolute Gasteiger partial charge is 0.378 e. The lowest BCUT2D eigenvalue weighted by Gasteiger charge is -2.33. The summed E-state index contributed by atoms with van der Waals surface area (Å²) in [5.41, 5.74) is 0.101. The molecular formula is C18H24F2N2O2. The van der Waals surface area contributed by atoms with E-state index in [0.717, 1.165) is 38.8 Å². The van der Waals surface area contributed by atoms with Crippen LogP contribution in [0.25, 0.3) is 0 Å². The summed E-state index contributed by atoms with van der Waals surface area (Å²) >= 11 is 0. The molecule has 0 spiro atoms. The minimum absolute atomic E-state index is 0.00539. The lowest BCUT2D eigenvalue weighted by molar-refractivity contribution is -0.124. The highest BCUT2D eigenvalue weighted by molar-refractivity contribution is 5.76. The number of hydrogen-bond acceptors (Lipinski definition) is 3. The van der Waals surface area contributed by atoms with Crippen LogP contribution in [-0.4, -0.2) is 42.6 Å². The van der Waals surface area contributed by atoms with E-state index in [9.17, 15) is 13.6 Å². The van der Waals surface area contributed by atoms with Crippen LogP contribution in [-0.2, 0) is 16.1 Å². The number of carbonyl (C=O) groups is 1. The molecule has 2 fully saturated rings. The van der Waals surface area contributed by atoms with E-state index in [-0.39, 0.29) is 30.2 Å². The molecule has 0 aliphatic carbocycles. The fraction of sp³-hybridized carbons (Fsp3) is 0.611. The maximum atomic E-state index is 13.8. The first-order valence-corrected chi connectivity index (χ1v) is 8.68. The van der Waals surface area contributed by atoms with E-state index in [1.54, 1.807) is 0 Å². The van der Waals surface area contributed by atoms with E-state index >= 15 is 0 Å². The highest BCUT2D eigenvalue weighted by Crippen LogP contribution is 2.19. The van der Waals surface area contributed by atoms with Crippen molar-refractivity contribution in [3.63, 3.8) is 0 Å². The van der Waals surface area contributed by atoms with E-state index in [1.807, 2.05) is 4.90 Å². The van der Waals surface area contributed by atoms with E-state index in [1.165, 1.54) is 18.2 Å². The Morgan fingerprint density at radius 1 is 1.25 bits per heavy atom. The number of halogens is 2. The van der Waals surface area contributed by atoms with Gasteiger partial charge in [-0.2, -0.15) is 0 Å². The fourth-order valence-electron chi connectivity index (χ4n) is 3.52. The van der Waals surface area contributed by atoms with Crippen molar-refractivity contribution in [3.8, 4) is 0 Å². The molecule has 0 saturated carbocycles. The van der Waals surface area contributed by atoms with Gasteiger partial charge in [0.1, 0.15) is 11.6 Å². The van der Waals surface area contributed by atoms with Crippen LogP contribution in [0.2, 0.25) is 0 Å². The lowest BCUT2D eigenvalue weighted by Crippen LogP contribution is -2.48. The van der Waals surface area contributed by atoms with Crippen LogP contribution in [0.1, 0.15) is 37.7 Å². The van der Waals surface area contributed by atoms with Gasteiger partial charge in [0, 0.05) is 31.3 Å². The van der Waals surface area contributed by atoms with Crippen molar-refractivity contribution < 1.29 is 18.3 Å². The molecule has 0 unspecified atom stereocenters. The molecule has 0 aromatic heterocycles. The minimum Gasteiger partial charge on any atom is -0.378 e. The van der Waals surface area contributed by atoms with Gasteiger partial charge in [0.25, 0.3) is 0 Å². The number of ether oxygens (including phenoxy) is 1. The Kier molecular flexibility index (Phi) is 5.79. The molecule has 24 heavy (non-hydrogen) atoms. The molecule has 0 radical (unpaired) electrons. The van der Waals surface area contributed by atoms with Crippen molar-refractivity contribution in [1.29, 1.82) is 0 Å². The average Bonchev–Trinajstić information content (AvgIpc) is 3.04. The summed E-state index contributed by atoms with van der Waals surface area (Å²) in [6, 6.07) is 3.97. The van der Waals surface area contributed by atoms with Gasteiger partial charge in [-0.15, -0.1) is 0 Å². The monoisotopic (exact) mass is 338 g/mol. The molecule has 1 amide bonds. The number of amides is 1. The van der Waals surface area contributed by atoms with Gasteiger partial charge in [-0.3, -0.25) is 9.69 Å². The molecule has 1 aromatic rings. The molecule has 0 bridgehead atoms. The number of nitrogens with one attached hydrogen (secondary N) is 1. The van der Waals surface area contributed by atoms with Crippen molar-refractivity contribution in [1.82, 2.24) is 10.2 Å². The quantitative estimate of drug-likeness (QED) is 0.897. The first kappa shape index (κ1) is 17.3. The Morgan fingerprint density at radius 3 is 2.75 bits per heavy atom. The van der Waals surface area contributed by atoms with Crippen LogP contribution in [0.4, 0.5) is 8.78 Å². The fourth-order valence-corrected chi connectivity index (χ4v) is 3.52. The summed E-state index contributed by atoms with van der Waals surface area (Å²) in [6.45, 7) is 2.37. The maximum absolute atomic E-state index is 13.8. The number of benzene rings is 1. The molecule has 4 nitrogen and oxygen atoms in total. The average molecular weight is 338 g/mol. The summed E-state index contributed by atoms with van der Waals surface area (Å²) in [5.74, 6) is -1.02. The van der Waals surface area contributed by atoms with E-state index in [0.29, 0.717) is 13.0 Å². The third-order valence-corrected chi connectivity index (χ3v) is 4.75. The third-order valence-electron chi connectivity index (χ3n) is 4.75. The van der Waals surface area contributed by atoms with Gasteiger partial charge in [0.05, 0.1) is 12.5 Å². The Balaban J connectivity index is 1.51. The zero-order valence-corrected chi connectivity index (χ0v) is 13.8. The minimum atomic E-state index is -0.514. The molecule has 1 N–H and O–H groups in total. The summed E-state index contributed by atoms with van der Waals surface area (Å²) < 4.78 is 33.1. The lowest BCUT2D eigenvalue weighted by atomic mass is 10.0. The standard InChI is InChI=1S/C18H24F2N2O2/c19-16-6-1-7-17(20)15(16)12-22-8-2-4-13(11-22)21-18(23)10-14-5-3-9-24-14/h1,6-7,13-14H,2-5,8-12H2,(H,21,23)/t13-,14+/m0/s1. The Morgan fingerprint density at radius 2 is 2.04 bits per heavy atom. The molecule has 132 valence electrons. The van der Waals surface area contributed by atoms with Gasteiger partial charge in [-0.1, -0.05) is 6.07 Å². The van der Waals surface area contributed by atoms with Crippen LogP contribution in [0.15, 0.2) is 18.2 Å². The topological polar surface area (TPSA) is 41.6 Å². The molecule has 3 rings (SSSR count). The maximum Gasteiger partial charge on any atom is 0.222 e. The van der Waals surface area contributed by atoms with E-state index in [4.69, 9.17) is 4.74 Å². The molecule has 2 aliphatic rings. The molecule has 6 heteroatoms. The first-order valence-electron chi connectivity index (χ1n) is 8.68. The van der Waals surface area contributed by atoms with Crippen LogP contribution in [0.5, 0.6) is 0 Å². The predicted octanol–water partition coefficient (Wildman–Crippen LogP) is 2.61.